The second-order valence-electron chi connectivity index (χ2n) is 11.6. The molecule has 8 rings (SSSR count). The van der Waals surface area contributed by atoms with E-state index in [4.69, 9.17) is 9.72 Å². The molecule has 6 fully saturated rings. The molecule has 5 heteroatoms. The topological polar surface area (TPSA) is 67.0 Å². The number of rotatable bonds is 4. The lowest BCUT2D eigenvalue weighted by Gasteiger charge is -2.56. The Labute approximate surface area is 183 Å². The summed E-state index contributed by atoms with van der Waals surface area (Å²) in [5.74, 6) is 6.48. The summed E-state index contributed by atoms with van der Waals surface area (Å²) >= 11 is 0. The van der Waals surface area contributed by atoms with Crippen LogP contribution in [0, 0.1) is 29.6 Å². The summed E-state index contributed by atoms with van der Waals surface area (Å²) in [5.41, 5.74) is 2.40. The van der Waals surface area contributed by atoms with E-state index < -0.39 is 0 Å². The van der Waals surface area contributed by atoms with Gasteiger partial charge in [0.2, 0.25) is 0 Å². The molecular formula is C26H33N3O2. The molecule has 6 bridgehead atoms. The van der Waals surface area contributed by atoms with Crippen molar-refractivity contribution in [1.29, 1.82) is 0 Å². The molecule has 6 aliphatic rings. The van der Waals surface area contributed by atoms with Crippen molar-refractivity contribution in [2.24, 2.45) is 29.6 Å². The molecule has 0 saturated heterocycles. The summed E-state index contributed by atoms with van der Waals surface area (Å²) in [6.45, 7) is 0. The van der Waals surface area contributed by atoms with Crippen LogP contribution >= 0.6 is 0 Å². The van der Waals surface area contributed by atoms with Gasteiger partial charge in [0.1, 0.15) is 22.6 Å². The molecule has 2 N–H and O–H groups in total. The van der Waals surface area contributed by atoms with Crippen LogP contribution < -0.4 is 10.1 Å². The first-order chi connectivity index (χ1) is 15.1. The van der Waals surface area contributed by atoms with Crippen LogP contribution in [-0.4, -0.2) is 28.5 Å². The second kappa shape index (κ2) is 6.49. The summed E-state index contributed by atoms with van der Waals surface area (Å²) in [6, 6.07) is 3.85. The highest BCUT2D eigenvalue weighted by atomic mass is 16.5. The second-order valence-corrected chi connectivity index (χ2v) is 11.6. The number of fused-ring (bicyclic) bond motifs is 3. The third kappa shape index (κ3) is 2.81. The third-order valence-electron chi connectivity index (χ3n) is 9.60. The van der Waals surface area contributed by atoms with Crippen LogP contribution in [0.1, 0.15) is 86.3 Å². The summed E-state index contributed by atoms with van der Waals surface area (Å²) in [6.07, 6.45) is 12.9. The number of ether oxygens (including phenoxy) is 1. The van der Waals surface area contributed by atoms with E-state index in [1.807, 2.05) is 12.1 Å². The Morgan fingerprint density at radius 1 is 1.03 bits per heavy atom. The van der Waals surface area contributed by atoms with E-state index in [1.54, 1.807) is 7.11 Å². The van der Waals surface area contributed by atoms with Gasteiger partial charge in [-0.2, -0.15) is 0 Å². The highest BCUT2D eigenvalue weighted by Gasteiger charge is 2.51. The van der Waals surface area contributed by atoms with E-state index in [2.05, 4.69) is 10.3 Å². The first kappa shape index (κ1) is 18.5. The van der Waals surface area contributed by atoms with Crippen molar-refractivity contribution < 1.29 is 9.53 Å². The lowest BCUT2D eigenvalue weighted by Crippen LogP contribution is -2.59. The number of nitrogens with one attached hydrogen (secondary N) is 2. The van der Waals surface area contributed by atoms with Gasteiger partial charge in [-0.1, -0.05) is 6.42 Å². The van der Waals surface area contributed by atoms with Gasteiger partial charge in [0.25, 0.3) is 5.91 Å². The molecule has 31 heavy (non-hydrogen) atoms. The first-order valence-electron chi connectivity index (χ1n) is 12.5. The fraction of sp³-hybridized carbons (Fsp3) is 0.692. The number of nitrogens with zero attached hydrogens (tertiary/aromatic N) is 1. The fourth-order valence-electron chi connectivity index (χ4n) is 8.77. The van der Waals surface area contributed by atoms with Crippen molar-refractivity contribution in [3.05, 3.63) is 23.5 Å². The van der Waals surface area contributed by atoms with Gasteiger partial charge in [-0.15, -0.1) is 0 Å². The molecule has 1 heterocycles. The van der Waals surface area contributed by atoms with Gasteiger partial charge in [0.15, 0.2) is 0 Å². The average Bonchev–Trinajstić information content (AvgIpc) is 3.46. The zero-order chi connectivity index (χ0) is 20.7. The van der Waals surface area contributed by atoms with E-state index >= 15 is 0 Å². The molecule has 3 unspecified atom stereocenters. The number of aromatic nitrogens is 2. The lowest BCUT2D eigenvalue weighted by molar-refractivity contribution is -0.0166. The molecule has 1 amide bonds. The summed E-state index contributed by atoms with van der Waals surface area (Å²) in [7, 11) is 1.70. The van der Waals surface area contributed by atoms with Crippen molar-refractivity contribution in [1.82, 2.24) is 15.3 Å². The van der Waals surface area contributed by atoms with Crippen LogP contribution in [0.4, 0.5) is 0 Å². The molecule has 0 spiro atoms. The van der Waals surface area contributed by atoms with Crippen molar-refractivity contribution in [3.8, 4) is 5.75 Å². The van der Waals surface area contributed by atoms with E-state index in [0.717, 1.165) is 52.2 Å². The zero-order valence-electron chi connectivity index (χ0n) is 18.5. The predicted octanol–water partition coefficient (Wildman–Crippen LogP) is 5.17. The number of methoxy groups -OCH3 is 1. The molecule has 0 aliphatic heterocycles. The normalized spacial score (nSPS) is 40.0. The van der Waals surface area contributed by atoms with E-state index in [9.17, 15) is 4.79 Å². The highest BCUT2D eigenvalue weighted by Crippen LogP contribution is 2.56. The number of carbonyl (C=O) groups is 1. The molecule has 5 nitrogen and oxygen atoms in total. The Kier molecular flexibility index (Phi) is 3.88. The molecular weight excluding hydrogens is 386 g/mol. The Bertz CT molecular complexity index is 1020. The quantitative estimate of drug-likeness (QED) is 0.718. The minimum atomic E-state index is 0.0157. The number of benzene rings is 1. The van der Waals surface area contributed by atoms with Gasteiger partial charge in [-0.25, -0.2) is 4.98 Å². The van der Waals surface area contributed by atoms with E-state index in [1.165, 1.54) is 64.2 Å². The van der Waals surface area contributed by atoms with Crippen LogP contribution in [-0.2, 0) is 0 Å². The predicted molar refractivity (Wildman–Crippen MR) is 119 cm³/mol. The Balaban J connectivity index is 1.23. The smallest absolute Gasteiger partial charge is 0.253 e. The summed E-state index contributed by atoms with van der Waals surface area (Å²) in [5, 5.41) is 3.54. The molecule has 1 aromatic heterocycles. The summed E-state index contributed by atoms with van der Waals surface area (Å²) < 4.78 is 5.63. The van der Waals surface area contributed by atoms with E-state index in [-0.39, 0.29) is 11.4 Å². The molecule has 3 atom stereocenters. The Morgan fingerprint density at radius 3 is 2.39 bits per heavy atom. The number of H-pyrrole nitrogens is 1. The number of imidazole rings is 1. The maximum atomic E-state index is 13.6. The van der Waals surface area contributed by atoms with Crippen molar-refractivity contribution in [3.63, 3.8) is 0 Å². The first-order valence-corrected chi connectivity index (χ1v) is 12.5. The van der Waals surface area contributed by atoms with Crippen molar-refractivity contribution >= 4 is 16.9 Å². The van der Waals surface area contributed by atoms with Gasteiger partial charge in [0, 0.05) is 11.5 Å². The van der Waals surface area contributed by atoms with Gasteiger partial charge >= 0.3 is 0 Å². The third-order valence-corrected chi connectivity index (χ3v) is 9.60. The Hall–Kier alpha value is -2.04. The number of amides is 1. The maximum Gasteiger partial charge on any atom is 0.253 e. The van der Waals surface area contributed by atoms with Crippen molar-refractivity contribution in [2.75, 3.05) is 7.11 Å². The van der Waals surface area contributed by atoms with Gasteiger partial charge < -0.3 is 15.0 Å². The van der Waals surface area contributed by atoms with Crippen LogP contribution in [0.15, 0.2) is 12.1 Å². The molecule has 2 aromatic rings. The van der Waals surface area contributed by atoms with Crippen LogP contribution in [0.25, 0.3) is 11.0 Å². The van der Waals surface area contributed by atoms with E-state index in [0.29, 0.717) is 11.5 Å². The minimum Gasteiger partial charge on any atom is -0.494 e. The summed E-state index contributed by atoms with van der Waals surface area (Å²) in [4.78, 5) is 22.2. The van der Waals surface area contributed by atoms with Crippen molar-refractivity contribution in [2.45, 2.75) is 75.7 Å². The average molecular weight is 420 g/mol. The Morgan fingerprint density at radius 2 is 1.77 bits per heavy atom. The monoisotopic (exact) mass is 419 g/mol. The molecule has 6 aliphatic carbocycles. The lowest BCUT2D eigenvalue weighted by atomic mass is 9.53. The number of carbonyl (C=O) groups excluding carboxylic acids is 1. The fourth-order valence-corrected chi connectivity index (χ4v) is 8.77. The molecule has 1 aromatic carbocycles. The zero-order valence-corrected chi connectivity index (χ0v) is 18.5. The molecule has 164 valence electrons. The van der Waals surface area contributed by atoms with Gasteiger partial charge in [0.05, 0.1) is 12.7 Å². The van der Waals surface area contributed by atoms with Crippen LogP contribution in [0.3, 0.4) is 0 Å². The standard InChI is InChI=1S/C26H33N3O2/c1-31-21-5-4-19(22-23(21)28-24(27-22)20-10-14-2-3-18(20)9-14)25(30)29-26-11-15-6-16(12-26)8-17(7-15)13-26/h4-5,14-18,20H,2-3,6-13H2,1H3,(H,27,28)(H,29,30). The molecule has 0 radical (unpaired) electrons. The maximum absolute atomic E-state index is 13.6. The minimum absolute atomic E-state index is 0.0157. The van der Waals surface area contributed by atoms with Crippen LogP contribution in [0.2, 0.25) is 0 Å². The number of hydrogen-bond acceptors (Lipinski definition) is 3. The van der Waals surface area contributed by atoms with Gasteiger partial charge in [-0.05, 0) is 99.5 Å². The molecule has 6 saturated carbocycles. The number of hydrogen-bond donors (Lipinski definition) is 2. The SMILES string of the molecule is COc1ccc(C(=O)NC23CC4CC(CC(C4)C2)C3)c2nc(C3CC4CCC3C4)[nH]c12. The number of aromatic amines is 1. The highest BCUT2D eigenvalue weighted by molar-refractivity contribution is 6.06. The van der Waals surface area contributed by atoms with Crippen LogP contribution in [0.5, 0.6) is 5.75 Å². The largest absolute Gasteiger partial charge is 0.494 e. The van der Waals surface area contributed by atoms with Gasteiger partial charge in [-0.3, -0.25) is 4.79 Å².